The lowest BCUT2D eigenvalue weighted by Gasteiger charge is -2.23. The van der Waals surface area contributed by atoms with Gasteiger partial charge < -0.3 is 19.1 Å². The Bertz CT molecular complexity index is 517. The molecule has 0 N–H and O–H groups in total. The van der Waals surface area contributed by atoms with E-state index in [4.69, 9.17) is 25.8 Å². The maximum atomic E-state index is 12.8. The molecule has 2 rings (SSSR count). The first-order valence-electron chi connectivity index (χ1n) is 6.83. The van der Waals surface area contributed by atoms with Crippen molar-refractivity contribution in [2.75, 3.05) is 33.8 Å². The highest BCUT2D eigenvalue weighted by Crippen LogP contribution is 2.37. The molecule has 1 aliphatic carbocycles. The van der Waals surface area contributed by atoms with Gasteiger partial charge in [0.25, 0.3) is 5.91 Å². The summed E-state index contributed by atoms with van der Waals surface area (Å²) in [6.07, 6.45) is 2.05. The van der Waals surface area contributed by atoms with Gasteiger partial charge in [0.1, 0.15) is 5.75 Å². The summed E-state index contributed by atoms with van der Waals surface area (Å²) < 4.78 is 15.8. The van der Waals surface area contributed by atoms with Gasteiger partial charge >= 0.3 is 0 Å². The Kier molecular flexibility index (Phi) is 5.17. The number of alkyl halides is 1. The van der Waals surface area contributed by atoms with Crippen LogP contribution in [0.25, 0.3) is 0 Å². The van der Waals surface area contributed by atoms with Crippen LogP contribution in [0.2, 0.25) is 0 Å². The van der Waals surface area contributed by atoms with E-state index in [1.807, 2.05) is 0 Å². The maximum absolute atomic E-state index is 12.8. The molecule has 0 atom stereocenters. The van der Waals surface area contributed by atoms with Gasteiger partial charge in [0.15, 0.2) is 11.5 Å². The van der Waals surface area contributed by atoms with E-state index in [0.717, 1.165) is 12.8 Å². The Morgan fingerprint density at radius 1 is 1.14 bits per heavy atom. The molecule has 1 amide bonds. The molecule has 1 aromatic carbocycles. The SMILES string of the molecule is COc1cc(OC)c(C(=O)N(CCCl)C2CC2)cc1OC. The predicted molar refractivity (Wildman–Crippen MR) is 80.9 cm³/mol. The Balaban J connectivity index is 2.38. The summed E-state index contributed by atoms with van der Waals surface area (Å²) in [5.41, 5.74) is 0.465. The van der Waals surface area contributed by atoms with Crippen LogP contribution in [0.5, 0.6) is 17.2 Å². The molecule has 0 aliphatic heterocycles. The highest BCUT2D eigenvalue weighted by atomic mass is 35.5. The molecule has 0 radical (unpaired) electrons. The molecule has 1 aromatic rings. The molecule has 1 aliphatic rings. The molecular formula is C15H20ClNO4. The van der Waals surface area contributed by atoms with Crippen molar-refractivity contribution >= 4 is 17.5 Å². The Hall–Kier alpha value is -1.62. The summed E-state index contributed by atoms with van der Waals surface area (Å²) in [4.78, 5) is 14.6. The van der Waals surface area contributed by atoms with Gasteiger partial charge in [-0.1, -0.05) is 0 Å². The second-order valence-corrected chi connectivity index (χ2v) is 5.20. The van der Waals surface area contributed by atoms with Gasteiger partial charge in [-0.2, -0.15) is 0 Å². The second-order valence-electron chi connectivity index (χ2n) is 4.83. The zero-order chi connectivity index (χ0) is 15.4. The van der Waals surface area contributed by atoms with E-state index in [2.05, 4.69) is 0 Å². The summed E-state index contributed by atoms with van der Waals surface area (Å²) in [6, 6.07) is 3.61. The summed E-state index contributed by atoms with van der Waals surface area (Å²) in [7, 11) is 4.61. The number of rotatable bonds is 7. The normalized spacial score (nSPS) is 13.7. The van der Waals surface area contributed by atoms with Crippen molar-refractivity contribution in [3.63, 3.8) is 0 Å². The van der Waals surface area contributed by atoms with Crippen LogP contribution < -0.4 is 14.2 Å². The number of carbonyl (C=O) groups is 1. The lowest BCUT2D eigenvalue weighted by atomic mass is 10.1. The molecule has 0 saturated heterocycles. The fourth-order valence-electron chi connectivity index (χ4n) is 2.28. The molecule has 0 bridgehead atoms. The lowest BCUT2D eigenvalue weighted by molar-refractivity contribution is 0.0750. The van der Waals surface area contributed by atoms with Crippen molar-refractivity contribution in [2.24, 2.45) is 0 Å². The van der Waals surface area contributed by atoms with Crippen molar-refractivity contribution in [3.8, 4) is 17.2 Å². The third kappa shape index (κ3) is 3.35. The third-order valence-electron chi connectivity index (χ3n) is 3.51. The first-order valence-corrected chi connectivity index (χ1v) is 7.36. The average molecular weight is 314 g/mol. The first-order chi connectivity index (χ1) is 10.2. The molecule has 0 heterocycles. The minimum atomic E-state index is -0.0871. The minimum absolute atomic E-state index is 0.0871. The molecule has 5 nitrogen and oxygen atoms in total. The van der Waals surface area contributed by atoms with E-state index in [-0.39, 0.29) is 11.9 Å². The quantitative estimate of drug-likeness (QED) is 0.726. The van der Waals surface area contributed by atoms with Gasteiger partial charge in [-0.3, -0.25) is 4.79 Å². The van der Waals surface area contributed by atoms with Crippen LogP contribution in [0.1, 0.15) is 23.2 Å². The van der Waals surface area contributed by atoms with E-state index >= 15 is 0 Å². The van der Waals surface area contributed by atoms with Gasteiger partial charge in [-0.25, -0.2) is 0 Å². The van der Waals surface area contributed by atoms with E-state index in [1.54, 1.807) is 24.1 Å². The lowest BCUT2D eigenvalue weighted by Crippen LogP contribution is -2.35. The van der Waals surface area contributed by atoms with E-state index in [0.29, 0.717) is 35.2 Å². The summed E-state index contributed by atoms with van der Waals surface area (Å²) in [5.74, 6) is 1.83. The molecule has 0 unspecified atom stereocenters. The smallest absolute Gasteiger partial charge is 0.258 e. The largest absolute Gasteiger partial charge is 0.496 e. The van der Waals surface area contributed by atoms with Gasteiger partial charge in [-0.15, -0.1) is 11.6 Å². The average Bonchev–Trinajstić information content (AvgIpc) is 3.35. The number of nitrogens with zero attached hydrogens (tertiary/aromatic N) is 1. The van der Waals surface area contributed by atoms with Crippen LogP contribution in [-0.2, 0) is 0 Å². The zero-order valence-electron chi connectivity index (χ0n) is 12.5. The number of methoxy groups -OCH3 is 3. The van der Waals surface area contributed by atoms with Gasteiger partial charge in [0.05, 0.1) is 26.9 Å². The van der Waals surface area contributed by atoms with Gasteiger partial charge in [0, 0.05) is 30.6 Å². The molecule has 6 heteroatoms. The first kappa shape index (κ1) is 15.8. The highest BCUT2D eigenvalue weighted by molar-refractivity contribution is 6.18. The Labute approximate surface area is 129 Å². The number of amides is 1. The molecular weight excluding hydrogens is 294 g/mol. The monoisotopic (exact) mass is 313 g/mol. The molecule has 0 spiro atoms. The molecule has 116 valence electrons. The van der Waals surface area contributed by atoms with Crippen LogP contribution in [0.4, 0.5) is 0 Å². The fraction of sp³-hybridized carbons (Fsp3) is 0.533. The van der Waals surface area contributed by atoms with Crippen LogP contribution in [0.3, 0.4) is 0 Å². The number of halogens is 1. The van der Waals surface area contributed by atoms with Crippen molar-refractivity contribution in [1.82, 2.24) is 4.90 Å². The fourth-order valence-corrected chi connectivity index (χ4v) is 2.46. The standard InChI is InChI=1S/C15H20ClNO4/c1-19-12-9-14(21-3)13(20-2)8-11(12)15(18)17(7-6-16)10-4-5-10/h8-10H,4-7H2,1-3H3. The number of hydrogen-bond acceptors (Lipinski definition) is 4. The second kappa shape index (κ2) is 6.89. The molecule has 1 saturated carbocycles. The van der Waals surface area contributed by atoms with E-state index in [9.17, 15) is 4.79 Å². The van der Waals surface area contributed by atoms with Crippen molar-refractivity contribution in [2.45, 2.75) is 18.9 Å². The maximum Gasteiger partial charge on any atom is 0.258 e. The molecule has 21 heavy (non-hydrogen) atoms. The topological polar surface area (TPSA) is 48.0 Å². The number of benzene rings is 1. The van der Waals surface area contributed by atoms with Crippen LogP contribution >= 0.6 is 11.6 Å². The highest BCUT2D eigenvalue weighted by Gasteiger charge is 2.34. The van der Waals surface area contributed by atoms with Crippen LogP contribution in [0, 0.1) is 0 Å². The minimum Gasteiger partial charge on any atom is -0.496 e. The van der Waals surface area contributed by atoms with Gasteiger partial charge in [0.2, 0.25) is 0 Å². The Morgan fingerprint density at radius 3 is 2.19 bits per heavy atom. The molecule has 1 fully saturated rings. The third-order valence-corrected chi connectivity index (χ3v) is 3.68. The number of hydrogen-bond donors (Lipinski definition) is 0. The Morgan fingerprint density at radius 2 is 1.71 bits per heavy atom. The van der Waals surface area contributed by atoms with Crippen LogP contribution in [-0.4, -0.2) is 50.6 Å². The van der Waals surface area contributed by atoms with E-state index < -0.39 is 0 Å². The predicted octanol–water partition coefficient (Wildman–Crippen LogP) is 2.56. The molecule has 0 aromatic heterocycles. The van der Waals surface area contributed by atoms with Crippen molar-refractivity contribution in [3.05, 3.63) is 17.7 Å². The number of carbonyl (C=O) groups excluding carboxylic acids is 1. The van der Waals surface area contributed by atoms with E-state index in [1.165, 1.54) is 14.2 Å². The van der Waals surface area contributed by atoms with Gasteiger partial charge in [-0.05, 0) is 12.8 Å². The van der Waals surface area contributed by atoms with Crippen LogP contribution in [0.15, 0.2) is 12.1 Å². The zero-order valence-corrected chi connectivity index (χ0v) is 13.3. The van der Waals surface area contributed by atoms with Crippen molar-refractivity contribution in [1.29, 1.82) is 0 Å². The number of ether oxygens (including phenoxy) is 3. The summed E-state index contributed by atoms with van der Waals surface area (Å²) in [6.45, 7) is 0.530. The summed E-state index contributed by atoms with van der Waals surface area (Å²) >= 11 is 5.81. The summed E-state index contributed by atoms with van der Waals surface area (Å²) in [5, 5.41) is 0. The van der Waals surface area contributed by atoms with Crippen molar-refractivity contribution < 1.29 is 19.0 Å².